The van der Waals surface area contributed by atoms with Gasteiger partial charge in [-0.15, -0.1) is 0 Å². The summed E-state index contributed by atoms with van der Waals surface area (Å²) < 4.78 is 5.62. The Morgan fingerprint density at radius 3 is 2.75 bits per heavy atom. The Morgan fingerprint density at radius 1 is 1.35 bits per heavy atom. The fraction of sp³-hybridized carbons (Fsp3) is 0.467. The maximum atomic E-state index is 11.9. The smallest absolute Gasteiger partial charge is 0.307 e. The van der Waals surface area contributed by atoms with Gasteiger partial charge in [-0.3, -0.25) is 9.59 Å². The lowest BCUT2D eigenvalue weighted by molar-refractivity contribution is -0.139. The zero-order chi connectivity index (χ0) is 14.5. The second-order valence-corrected chi connectivity index (χ2v) is 4.97. The number of nitrogens with one attached hydrogen (secondary N) is 1. The summed E-state index contributed by atoms with van der Waals surface area (Å²) in [5.74, 6) is -1.48. The molecule has 2 N–H and O–H groups in total. The van der Waals surface area contributed by atoms with Gasteiger partial charge in [0, 0.05) is 0 Å². The van der Waals surface area contributed by atoms with Crippen LogP contribution in [0.25, 0.3) is 0 Å². The predicted octanol–water partition coefficient (Wildman–Crippen LogP) is 2.52. The molecule has 1 fully saturated rings. The number of hydrogen-bond acceptors (Lipinski definition) is 3. The Morgan fingerprint density at radius 2 is 2.10 bits per heavy atom. The Kier molecular flexibility index (Phi) is 4.61. The summed E-state index contributed by atoms with van der Waals surface area (Å²) >= 11 is 0. The number of amides is 1. The number of para-hydroxylation sites is 2. The van der Waals surface area contributed by atoms with E-state index in [-0.39, 0.29) is 5.91 Å². The van der Waals surface area contributed by atoms with Crippen molar-refractivity contribution < 1.29 is 19.4 Å². The minimum absolute atomic E-state index is 0.246. The van der Waals surface area contributed by atoms with Gasteiger partial charge in [0.05, 0.1) is 24.1 Å². The van der Waals surface area contributed by atoms with Crippen LogP contribution in [0.15, 0.2) is 24.3 Å². The van der Waals surface area contributed by atoms with E-state index in [1.165, 1.54) is 0 Å². The molecular formula is C15H19NO4. The van der Waals surface area contributed by atoms with Crippen LogP contribution in [0.2, 0.25) is 0 Å². The van der Waals surface area contributed by atoms with Crippen LogP contribution >= 0.6 is 0 Å². The second kappa shape index (κ2) is 6.41. The van der Waals surface area contributed by atoms with Crippen molar-refractivity contribution in [2.45, 2.75) is 26.2 Å². The van der Waals surface area contributed by atoms with E-state index in [0.717, 1.165) is 12.8 Å². The van der Waals surface area contributed by atoms with Crippen LogP contribution in [0.1, 0.15) is 26.2 Å². The highest BCUT2D eigenvalue weighted by atomic mass is 16.5. The number of carbonyl (C=O) groups excluding carboxylic acids is 1. The molecule has 2 atom stereocenters. The first-order valence-corrected chi connectivity index (χ1v) is 6.89. The van der Waals surface area contributed by atoms with Crippen LogP contribution in [0.3, 0.4) is 0 Å². The maximum absolute atomic E-state index is 11.9. The molecule has 2 rings (SSSR count). The summed E-state index contributed by atoms with van der Waals surface area (Å²) in [6.45, 7) is 2.68. The van der Waals surface area contributed by atoms with Gasteiger partial charge in [-0.1, -0.05) is 25.5 Å². The molecule has 2 unspecified atom stereocenters. The summed E-state index contributed by atoms with van der Waals surface area (Å²) in [7, 11) is 0. The van der Waals surface area contributed by atoms with Crippen LogP contribution in [-0.4, -0.2) is 23.6 Å². The number of unbranched alkanes of at least 4 members (excludes halogenated alkanes) is 1. The average molecular weight is 277 g/mol. The molecule has 0 heterocycles. The zero-order valence-electron chi connectivity index (χ0n) is 11.5. The molecule has 1 aromatic carbocycles. The molecule has 0 saturated heterocycles. The number of carboxylic acid groups (broad SMARTS) is 1. The van der Waals surface area contributed by atoms with Crippen molar-refractivity contribution in [1.29, 1.82) is 0 Å². The van der Waals surface area contributed by atoms with Gasteiger partial charge in [0.25, 0.3) is 0 Å². The molecule has 0 aliphatic heterocycles. The van der Waals surface area contributed by atoms with Crippen molar-refractivity contribution >= 4 is 17.6 Å². The largest absolute Gasteiger partial charge is 0.491 e. The van der Waals surface area contributed by atoms with E-state index in [9.17, 15) is 9.59 Å². The zero-order valence-corrected chi connectivity index (χ0v) is 11.5. The second-order valence-electron chi connectivity index (χ2n) is 4.97. The van der Waals surface area contributed by atoms with Crippen LogP contribution < -0.4 is 10.1 Å². The van der Waals surface area contributed by atoms with Gasteiger partial charge < -0.3 is 15.2 Å². The van der Waals surface area contributed by atoms with Crippen molar-refractivity contribution in [3.8, 4) is 5.75 Å². The monoisotopic (exact) mass is 277 g/mol. The quantitative estimate of drug-likeness (QED) is 0.751. The highest BCUT2D eigenvalue weighted by molar-refractivity contribution is 5.99. The van der Waals surface area contributed by atoms with Gasteiger partial charge >= 0.3 is 5.97 Å². The van der Waals surface area contributed by atoms with Crippen LogP contribution in [0.5, 0.6) is 5.75 Å². The van der Waals surface area contributed by atoms with E-state index in [1.807, 2.05) is 12.1 Å². The number of rotatable bonds is 7. The number of anilines is 1. The molecule has 0 bridgehead atoms. The van der Waals surface area contributed by atoms with Gasteiger partial charge in [0.1, 0.15) is 5.75 Å². The summed E-state index contributed by atoms with van der Waals surface area (Å²) in [4.78, 5) is 22.7. The topological polar surface area (TPSA) is 75.6 Å². The van der Waals surface area contributed by atoms with Gasteiger partial charge in [0.2, 0.25) is 5.91 Å². The Balaban J connectivity index is 1.95. The lowest BCUT2D eigenvalue weighted by Crippen LogP contribution is -2.17. The molecule has 0 aromatic heterocycles. The highest BCUT2D eigenvalue weighted by Crippen LogP contribution is 2.40. The molecule has 1 aliphatic rings. The minimum atomic E-state index is -0.905. The summed E-state index contributed by atoms with van der Waals surface area (Å²) in [6, 6.07) is 7.21. The molecule has 1 amide bonds. The number of benzene rings is 1. The van der Waals surface area contributed by atoms with Crippen molar-refractivity contribution in [3.05, 3.63) is 24.3 Å². The average Bonchev–Trinajstić information content (AvgIpc) is 3.21. The molecule has 0 radical (unpaired) electrons. The lowest BCUT2D eigenvalue weighted by Gasteiger charge is -2.12. The van der Waals surface area contributed by atoms with Gasteiger partial charge in [-0.25, -0.2) is 0 Å². The number of hydrogen-bond donors (Lipinski definition) is 2. The molecule has 1 saturated carbocycles. The molecule has 0 spiro atoms. The molecular weight excluding hydrogens is 258 g/mol. The fourth-order valence-electron chi connectivity index (χ4n) is 2.01. The summed E-state index contributed by atoms with van der Waals surface area (Å²) in [5.41, 5.74) is 0.602. The van der Waals surface area contributed by atoms with E-state index in [0.29, 0.717) is 24.5 Å². The first-order valence-electron chi connectivity index (χ1n) is 6.89. The van der Waals surface area contributed by atoms with E-state index in [1.54, 1.807) is 12.1 Å². The minimum Gasteiger partial charge on any atom is -0.491 e. The van der Waals surface area contributed by atoms with Crippen LogP contribution in [0, 0.1) is 11.8 Å². The van der Waals surface area contributed by atoms with Crippen LogP contribution in [-0.2, 0) is 9.59 Å². The van der Waals surface area contributed by atoms with Gasteiger partial charge in [0.15, 0.2) is 0 Å². The van der Waals surface area contributed by atoms with E-state index in [2.05, 4.69) is 12.2 Å². The lowest BCUT2D eigenvalue weighted by atomic mass is 10.2. The Labute approximate surface area is 117 Å². The van der Waals surface area contributed by atoms with Crippen LogP contribution in [0.4, 0.5) is 5.69 Å². The third-order valence-corrected chi connectivity index (χ3v) is 3.34. The standard InChI is InChI=1S/C15H19NO4/c1-2-3-8-20-13-7-5-4-6-12(13)16-14(17)10-9-11(10)15(18)19/h4-7,10-11H,2-3,8-9H2,1H3,(H,16,17)(H,18,19). The van der Waals surface area contributed by atoms with Gasteiger partial charge in [-0.2, -0.15) is 0 Å². The Bertz CT molecular complexity index is 500. The number of carbonyl (C=O) groups is 2. The summed E-state index contributed by atoms with van der Waals surface area (Å²) in [6.07, 6.45) is 2.41. The maximum Gasteiger partial charge on any atom is 0.307 e. The van der Waals surface area contributed by atoms with Crippen molar-refractivity contribution in [3.63, 3.8) is 0 Å². The third kappa shape index (κ3) is 3.50. The number of aliphatic carboxylic acids is 1. The summed E-state index contributed by atoms with van der Waals surface area (Å²) in [5, 5.41) is 11.6. The molecule has 108 valence electrons. The van der Waals surface area contributed by atoms with E-state index >= 15 is 0 Å². The molecule has 5 heteroatoms. The SMILES string of the molecule is CCCCOc1ccccc1NC(=O)C1CC1C(=O)O. The number of ether oxygens (including phenoxy) is 1. The third-order valence-electron chi connectivity index (χ3n) is 3.34. The number of carboxylic acids is 1. The van der Waals surface area contributed by atoms with Crippen molar-refractivity contribution in [2.24, 2.45) is 11.8 Å². The first kappa shape index (κ1) is 14.4. The fourth-order valence-corrected chi connectivity index (χ4v) is 2.01. The molecule has 5 nitrogen and oxygen atoms in total. The van der Waals surface area contributed by atoms with E-state index < -0.39 is 17.8 Å². The van der Waals surface area contributed by atoms with Crippen molar-refractivity contribution in [1.82, 2.24) is 0 Å². The van der Waals surface area contributed by atoms with Gasteiger partial charge in [-0.05, 0) is 25.0 Å². The normalized spacial score (nSPS) is 20.2. The first-order chi connectivity index (χ1) is 9.63. The Hall–Kier alpha value is -2.04. The van der Waals surface area contributed by atoms with E-state index in [4.69, 9.17) is 9.84 Å². The molecule has 1 aromatic rings. The molecule has 1 aliphatic carbocycles. The highest BCUT2D eigenvalue weighted by Gasteiger charge is 2.48. The van der Waals surface area contributed by atoms with Crippen molar-refractivity contribution in [2.75, 3.05) is 11.9 Å². The molecule has 20 heavy (non-hydrogen) atoms. The predicted molar refractivity (Wildman–Crippen MR) is 74.7 cm³/mol.